The largest absolute Gasteiger partial charge is 0.310 e. The van der Waals surface area contributed by atoms with Crippen molar-refractivity contribution in [2.75, 3.05) is 9.80 Å². The molecule has 6 aliphatic carbocycles. The third kappa shape index (κ3) is 7.01. The minimum Gasteiger partial charge on any atom is -0.310 e. The highest BCUT2D eigenvalue weighted by Crippen LogP contribution is 2.60. The van der Waals surface area contributed by atoms with E-state index in [9.17, 15) is 0 Å². The maximum atomic E-state index is 2.54. The molecule has 0 radical (unpaired) electrons. The lowest BCUT2D eigenvalue weighted by atomic mass is 9.63. The van der Waals surface area contributed by atoms with Gasteiger partial charge in [0.1, 0.15) is 0 Å². The van der Waals surface area contributed by atoms with Crippen LogP contribution in [0.4, 0.5) is 22.7 Å². The Morgan fingerprint density at radius 1 is 0.305 bits per heavy atom. The minimum absolute atomic E-state index is 0.0817. The molecular formula is C80H58N2. The van der Waals surface area contributed by atoms with E-state index in [1.54, 1.807) is 0 Å². The molecule has 10 aromatic rings. The van der Waals surface area contributed by atoms with E-state index < -0.39 is 10.8 Å². The Morgan fingerprint density at radius 2 is 0.695 bits per heavy atom. The minimum atomic E-state index is -0.534. The molecule has 2 nitrogen and oxygen atoms in total. The highest BCUT2D eigenvalue weighted by atomic mass is 15.2. The van der Waals surface area contributed by atoms with E-state index in [4.69, 9.17) is 0 Å². The lowest BCUT2D eigenvalue weighted by Crippen LogP contribution is -2.35. The molecule has 0 saturated carbocycles. The van der Waals surface area contributed by atoms with Crippen LogP contribution < -0.4 is 9.80 Å². The van der Waals surface area contributed by atoms with Crippen molar-refractivity contribution in [3.8, 4) is 22.3 Å². The Hall–Kier alpha value is -10.0. The maximum absolute atomic E-state index is 2.54. The van der Waals surface area contributed by atoms with E-state index in [0.717, 1.165) is 22.7 Å². The van der Waals surface area contributed by atoms with Gasteiger partial charge in [0, 0.05) is 46.0 Å². The molecule has 0 aliphatic heterocycles. The molecule has 10 aromatic carbocycles. The predicted molar refractivity (Wildman–Crippen MR) is 339 cm³/mol. The van der Waals surface area contributed by atoms with E-state index in [2.05, 4.69) is 327 Å². The fraction of sp³-hybridized carbons (Fsp3) is 0.0750. The standard InChI is InChI=1S/C80H58N2/c1-53-21-17-29-61(49-53)81(63-31-19-27-59(51-63)79(57-23-5-3-6-24-57)71-37-13-9-33-65(71)66-34-10-14-38-72(66)79)75-47-43-55-42-46-70-76(48-44-56-41-45-69(75)77(55)78(56)70)82(62-30-18-22-54(2)50-62)64-32-20-28-60(52-64)80(58-25-7-4-8-26-58)73-39-15-11-35-67(73)68-36-12-16-40-74(68)80/h3-52,77-78H,1-2H3. The summed E-state index contributed by atoms with van der Waals surface area (Å²) in [7, 11) is 0. The summed E-state index contributed by atoms with van der Waals surface area (Å²) in [6.45, 7) is 4.41. The molecule has 0 aromatic heterocycles. The second-order valence-electron chi connectivity index (χ2n) is 22.8. The number of nitrogens with zero attached hydrogens (tertiary/aromatic N) is 2. The first-order valence-corrected chi connectivity index (χ1v) is 28.9. The first-order valence-electron chi connectivity index (χ1n) is 28.9. The van der Waals surface area contributed by atoms with Crippen molar-refractivity contribution in [2.45, 2.75) is 24.7 Å². The predicted octanol–water partition coefficient (Wildman–Crippen LogP) is 19.3. The number of rotatable bonds is 10. The number of benzene rings is 10. The highest BCUT2D eigenvalue weighted by Gasteiger charge is 2.49. The molecule has 0 spiro atoms. The molecule has 2 atom stereocenters. The monoisotopic (exact) mass is 1050 g/mol. The van der Waals surface area contributed by atoms with Crippen LogP contribution in [-0.4, -0.2) is 0 Å². The average molecular weight is 1050 g/mol. The molecule has 0 N–H and O–H groups in total. The summed E-state index contributed by atoms with van der Waals surface area (Å²) in [5.41, 5.74) is 28.9. The van der Waals surface area contributed by atoms with Crippen molar-refractivity contribution < 1.29 is 0 Å². The van der Waals surface area contributed by atoms with Gasteiger partial charge in [0.2, 0.25) is 0 Å². The van der Waals surface area contributed by atoms with E-state index in [0.29, 0.717) is 0 Å². The smallest absolute Gasteiger partial charge is 0.0714 e. The number of allylic oxidation sites excluding steroid dienone is 12. The van der Waals surface area contributed by atoms with Gasteiger partial charge >= 0.3 is 0 Å². The van der Waals surface area contributed by atoms with Crippen molar-refractivity contribution in [3.05, 3.63) is 393 Å². The van der Waals surface area contributed by atoms with Crippen LogP contribution >= 0.6 is 0 Å². The molecule has 16 rings (SSSR count). The summed E-state index contributed by atoms with van der Waals surface area (Å²) in [6.07, 6.45) is 19.2. The SMILES string of the molecule is Cc1cccc(N(C2=CC=C3C=CC4=C(N(c5cccc(C)c5)c5cccc(C6(c7ccccc7)c7ccccc7-c7ccccc76)c5)C=CC5=CC=C2C3C54)c2cccc(C3(c4ccccc4)c4ccccc4-c4ccccc43)c2)c1. The van der Waals surface area contributed by atoms with Gasteiger partial charge < -0.3 is 9.80 Å². The Labute approximate surface area is 481 Å². The summed E-state index contributed by atoms with van der Waals surface area (Å²) >= 11 is 0. The number of hydrogen-bond acceptors (Lipinski definition) is 2. The van der Waals surface area contributed by atoms with Crippen LogP contribution in [0.15, 0.2) is 337 Å². The second kappa shape index (κ2) is 18.8. The average Bonchev–Trinajstić information content (AvgIpc) is 2.60. The van der Waals surface area contributed by atoms with Crippen molar-refractivity contribution in [1.82, 2.24) is 0 Å². The molecule has 0 saturated heterocycles. The van der Waals surface area contributed by atoms with Crippen molar-refractivity contribution in [2.24, 2.45) is 11.8 Å². The Balaban J connectivity index is 0.849. The number of fused-ring (bicyclic) bond motifs is 6. The number of hydrogen-bond donors (Lipinski definition) is 0. The molecule has 0 fully saturated rings. The van der Waals surface area contributed by atoms with E-state index in [1.165, 1.54) is 112 Å². The Morgan fingerprint density at radius 3 is 1.20 bits per heavy atom. The summed E-state index contributed by atoms with van der Waals surface area (Å²) in [6, 6.07) is 95.4. The van der Waals surface area contributed by atoms with Gasteiger partial charge in [-0.05, 0) is 175 Å². The molecule has 6 aliphatic rings. The van der Waals surface area contributed by atoms with Crippen LogP contribution in [0.1, 0.15) is 55.6 Å². The zero-order valence-electron chi connectivity index (χ0n) is 45.9. The zero-order chi connectivity index (χ0) is 54.5. The van der Waals surface area contributed by atoms with Crippen LogP contribution in [0.25, 0.3) is 22.3 Å². The van der Waals surface area contributed by atoms with Crippen LogP contribution in [-0.2, 0) is 10.8 Å². The molecule has 0 amide bonds. The Bertz CT molecular complexity index is 4410. The molecule has 388 valence electrons. The molecule has 0 heterocycles. The van der Waals surface area contributed by atoms with Gasteiger partial charge in [0.25, 0.3) is 0 Å². The van der Waals surface area contributed by atoms with Gasteiger partial charge in [-0.15, -0.1) is 0 Å². The third-order valence-corrected chi connectivity index (χ3v) is 18.5. The maximum Gasteiger partial charge on any atom is 0.0714 e. The quantitative estimate of drug-likeness (QED) is 0.135. The van der Waals surface area contributed by atoms with Crippen LogP contribution in [0.5, 0.6) is 0 Å². The van der Waals surface area contributed by atoms with Gasteiger partial charge in [-0.25, -0.2) is 0 Å². The lowest BCUT2D eigenvalue weighted by Gasteiger charge is -2.45. The highest BCUT2D eigenvalue weighted by molar-refractivity contribution is 5.89. The lowest BCUT2D eigenvalue weighted by molar-refractivity contribution is 0.551. The van der Waals surface area contributed by atoms with Crippen molar-refractivity contribution in [1.29, 1.82) is 0 Å². The van der Waals surface area contributed by atoms with Gasteiger partial charge in [0.05, 0.1) is 10.8 Å². The van der Waals surface area contributed by atoms with Gasteiger partial charge in [-0.2, -0.15) is 0 Å². The summed E-state index contributed by atoms with van der Waals surface area (Å²) in [5.74, 6) is 0.163. The van der Waals surface area contributed by atoms with Gasteiger partial charge in [-0.1, -0.05) is 243 Å². The summed E-state index contributed by atoms with van der Waals surface area (Å²) < 4.78 is 0. The normalized spacial score (nSPS) is 17.7. The second-order valence-corrected chi connectivity index (χ2v) is 22.8. The molecule has 2 heteroatoms. The van der Waals surface area contributed by atoms with Crippen LogP contribution in [0.2, 0.25) is 0 Å². The Kier molecular flexibility index (Phi) is 11.0. The summed E-state index contributed by atoms with van der Waals surface area (Å²) in [5, 5.41) is 0. The molecule has 2 unspecified atom stereocenters. The van der Waals surface area contributed by atoms with Crippen molar-refractivity contribution >= 4 is 22.7 Å². The first-order chi connectivity index (χ1) is 40.5. The van der Waals surface area contributed by atoms with Gasteiger partial charge in [0.15, 0.2) is 0 Å². The van der Waals surface area contributed by atoms with E-state index in [-0.39, 0.29) is 11.8 Å². The number of anilines is 4. The first kappa shape index (κ1) is 47.9. The van der Waals surface area contributed by atoms with Crippen molar-refractivity contribution in [3.63, 3.8) is 0 Å². The topological polar surface area (TPSA) is 6.48 Å². The van der Waals surface area contributed by atoms with E-state index >= 15 is 0 Å². The van der Waals surface area contributed by atoms with Crippen LogP contribution in [0, 0.1) is 25.7 Å². The fourth-order valence-corrected chi connectivity index (χ4v) is 15.2. The summed E-state index contributed by atoms with van der Waals surface area (Å²) in [4.78, 5) is 5.07. The fourth-order valence-electron chi connectivity index (χ4n) is 15.2. The number of aryl methyl sites for hydroxylation is 2. The third-order valence-electron chi connectivity index (χ3n) is 18.5. The molecule has 82 heavy (non-hydrogen) atoms. The molecule has 0 bridgehead atoms. The van der Waals surface area contributed by atoms with Gasteiger partial charge in [-0.3, -0.25) is 0 Å². The molecular weight excluding hydrogens is 989 g/mol. The van der Waals surface area contributed by atoms with Crippen LogP contribution in [0.3, 0.4) is 0 Å². The zero-order valence-corrected chi connectivity index (χ0v) is 45.9. The van der Waals surface area contributed by atoms with E-state index in [1.807, 2.05) is 0 Å².